The molecule has 2 rings (SSSR count). The first-order valence-electron chi connectivity index (χ1n) is 4.83. The lowest BCUT2D eigenvalue weighted by Crippen LogP contribution is -1.93. The van der Waals surface area contributed by atoms with Crippen LogP contribution in [0.3, 0.4) is 0 Å². The molecule has 0 amide bonds. The molecule has 6 heteroatoms. The first-order chi connectivity index (χ1) is 8.22. The van der Waals surface area contributed by atoms with Crippen molar-refractivity contribution < 1.29 is 9.47 Å². The fraction of sp³-hybridized carbons (Fsp3) is 0.182. The summed E-state index contributed by atoms with van der Waals surface area (Å²) in [7, 11) is 3.23. The van der Waals surface area contributed by atoms with Gasteiger partial charge in [0.1, 0.15) is 4.60 Å². The summed E-state index contributed by atoms with van der Waals surface area (Å²) >= 11 is 4.84. The van der Waals surface area contributed by atoms with Gasteiger partial charge in [0, 0.05) is 17.1 Å². The van der Waals surface area contributed by atoms with Gasteiger partial charge in [0.2, 0.25) is 0 Å². The van der Waals surface area contributed by atoms with Gasteiger partial charge in [-0.25, -0.2) is 4.98 Å². The highest BCUT2D eigenvalue weighted by molar-refractivity contribution is 9.10. The third kappa shape index (κ3) is 2.89. The molecular formula is C11H11BrN2O2S. The highest BCUT2D eigenvalue weighted by atomic mass is 79.9. The molecule has 0 aliphatic rings. The highest BCUT2D eigenvalue weighted by Crippen LogP contribution is 2.32. The molecule has 0 aliphatic carbocycles. The molecule has 0 radical (unpaired) electrons. The van der Waals surface area contributed by atoms with Crippen LogP contribution in [0.25, 0.3) is 0 Å². The van der Waals surface area contributed by atoms with E-state index in [0.717, 1.165) is 15.4 Å². The predicted octanol–water partition coefficient (Wildman–Crippen LogP) is 3.67. The van der Waals surface area contributed by atoms with Gasteiger partial charge in [-0.2, -0.15) is 0 Å². The van der Waals surface area contributed by atoms with Crippen LogP contribution in [-0.2, 0) is 0 Å². The number of methoxy groups -OCH3 is 2. The minimum absolute atomic E-state index is 0.688. The second-order valence-corrected chi connectivity index (χ2v) is 4.84. The van der Waals surface area contributed by atoms with E-state index >= 15 is 0 Å². The zero-order valence-electron chi connectivity index (χ0n) is 9.36. The van der Waals surface area contributed by atoms with Gasteiger partial charge in [0.05, 0.1) is 14.2 Å². The molecule has 0 spiro atoms. The van der Waals surface area contributed by atoms with Crippen molar-refractivity contribution in [2.24, 2.45) is 0 Å². The lowest BCUT2D eigenvalue weighted by molar-refractivity contribution is 0.355. The molecule has 90 valence electrons. The van der Waals surface area contributed by atoms with Crippen LogP contribution in [0, 0.1) is 0 Å². The van der Waals surface area contributed by atoms with Crippen molar-refractivity contribution in [2.45, 2.75) is 0 Å². The monoisotopic (exact) mass is 314 g/mol. The number of thiazole rings is 1. The van der Waals surface area contributed by atoms with E-state index in [-0.39, 0.29) is 0 Å². The molecule has 1 N–H and O–H groups in total. The third-order valence-corrected chi connectivity index (χ3v) is 3.58. The van der Waals surface area contributed by atoms with Gasteiger partial charge in [0.25, 0.3) is 0 Å². The number of nitrogens with zero attached hydrogens (tertiary/aromatic N) is 1. The zero-order chi connectivity index (χ0) is 12.3. The van der Waals surface area contributed by atoms with Crippen molar-refractivity contribution in [3.63, 3.8) is 0 Å². The number of rotatable bonds is 4. The van der Waals surface area contributed by atoms with Crippen molar-refractivity contribution >= 4 is 38.1 Å². The Morgan fingerprint density at radius 1 is 1.24 bits per heavy atom. The predicted molar refractivity (Wildman–Crippen MR) is 72.6 cm³/mol. The van der Waals surface area contributed by atoms with Crippen LogP contribution < -0.4 is 14.8 Å². The molecule has 1 heterocycles. The lowest BCUT2D eigenvalue weighted by Gasteiger charge is -2.09. The van der Waals surface area contributed by atoms with Crippen molar-refractivity contribution in [3.05, 3.63) is 28.2 Å². The Hall–Kier alpha value is -1.27. The molecular weight excluding hydrogens is 304 g/mol. The number of benzene rings is 1. The molecule has 1 aromatic carbocycles. The summed E-state index contributed by atoms with van der Waals surface area (Å²) in [5.74, 6) is 1.39. The van der Waals surface area contributed by atoms with Gasteiger partial charge < -0.3 is 14.8 Å². The molecule has 1 aromatic heterocycles. The zero-order valence-corrected chi connectivity index (χ0v) is 11.8. The van der Waals surface area contributed by atoms with Crippen molar-refractivity contribution in [3.8, 4) is 11.5 Å². The Kier molecular flexibility index (Phi) is 3.86. The number of ether oxygens (including phenoxy) is 2. The summed E-state index contributed by atoms with van der Waals surface area (Å²) in [5, 5.41) is 5.94. The fourth-order valence-corrected chi connectivity index (χ4v) is 2.51. The third-order valence-electron chi connectivity index (χ3n) is 2.11. The summed E-state index contributed by atoms with van der Waals surface area (Å²) in [6.07, 6.45) is 0. The Morgan fingerprint density at radius 3 is 2.59 bits per heavy atom. The summed E-state index contributed by atoms with van der Waals surface area (Å²) in [4.78, 5) is 4.26. The van der Waals surface area contributed by atoms with Crippen LogP contribution in [-0.4, -0.2) is 19.2 Å². The number of hydrogen-bond donors (Lipinski definition) is 1. The lowest BCUT2D eigenvalue weighted by atomic mass is 10.3. The summed E-state index contributed by atoms with van der Waals surface area (Å²) in [6.45, 7) is 0. The quantitative estimate of drug-likeness (QED) is 0.935. The van der Waals surface area contributed by atoms with E-state index in [2.05, 4.69) is 26.2 Å². The summed E-state index contributed by atoms with van der Waals surface area (Å²) in [6, 6.07) is 5.63. The van der Waals surface area contributed by atoms with Crippen molar-refractivity contribution in [1.82, 2.24) is 4.98 Å². The van der Waals surface area contributed by atoms with E-state index in [9.17, 15) is 0 Å². The molecule has 0 saturated heterocycles. The SMILES string of the molecule is COc1ccc(Nc2nc(Br)cs2)cc1OC. The summed E-state index contributed by atoms with van der Waals surface area (Å²) in [5.41, 5.74) is 0.907. The van der Waals surface area contributed by atoms with Gasteiger partial charge >= 0.3 is 0 Å². The number of aromatic nitrogens is 1. The highest BCUT2D eigenvalue weighted by Gasteiger charge is 2.06. The Balaban J connectivity index is 2.22. The van der Waals surface area contributed by atoms with Crippen molar-refractivity contribution in [2.75, 3.05) is 19.5 Å². The van der Waals surface area contributed by atoms with Crippen LogP contribution >= 0.6 is 27.3 Å². The van der Waals surface area contributed by atoms with Crippen molar-refractivity contribution in [1.29, 1.82) is 0 Å². The topological polar surface area (TPSA) is 43.4 Å². The Bertz CT molecular complexity index is 516. The van der Waals surface area contributed by atoms with Gasteiger partial charge in [-0.05, 0) is 28.1 Å². The number of halogens is 1. The van der Waals surface area contributed by atoms with E-state index in [1.54, 1.807) is 14.2 Å². The van der Waals surface area contributed by atoms with E-state index in [1.165, 1.54) is 11.3 Å². The number of hydrogen-bond acceptors (Lipinski definition) is 5. The van der Waals surface area contributed by atoms with Crippen LogP contribution in [0.4, 0.5) is 10.8 Å². The molecule has 0 bridgehead atoms. The first kappa shape index (κ1) is 12.2. The first-order valence-corrected chi connectivity index (χ1v) is 6.50. The maximum Gasteiger partial charge on any atom is 0.188 e. The standard InChI is InChI=1S/C11H11BrN2O2S/c1-15-8-4-3-7(5-9(8)16-2)13-11-14-10(12)6-17-11/h3-6H,1-2H3,(H,13,14). The van der Waals surface area contributed by atoms with E-state index in [0.29, 0.717) is 11.5 Å². The molecule has 0 saturated carbocycles. The average Bonchev–Trinajstić information content (AvgIpc) is 2.74. The second kappa shape index (κ2) is 5.37. The minimum Gasteiger partial charge on any atom is -0.493 e. The summed E-state index contributed by atoms with van der Waals surface area (Å²) < 4.78 is 11.2. The van der Waals surface area contributed by atoms with Crippen LogP contribution in [0.15, 0.2) is 28.2 Å². The van der Waals surface area contributed by atoms with Crippen LogP contribution in [0.1, 0.15) is 0 Å². The number of nitrogens with one attached hydrogen (secondary N) is 1. The molecule has 4 nitrogen and oxygen atoms in total. The maximum absolute atomic E-state index is 5.23. The molecule has 2 aromatic rings. The molecule has 0 unspecified atom stereocenters. The molecule has 0 fully saturated rings. The smallest absolute Gasteiger partial charge is 0.188 e. The van der Waals surface area contributed by atoms with Gasteiger partial charge in [-0.15, -0.1) is 11.3 Å². The normalized spacial score (nSPS) is 10.1. The minimum atomic E-state index is 0.688. The average molecular weight is 315 g/mol. The second-order valence-electron chi connectivity index (χ2n) is 3.17. The molecule has 0 aliphatic heterocycles. The fourth-order valence-electron chi connectivity index (χ4n) is 1.35. The van der Waals surface area contributed by atoms with E-state index in [4.69, 9.17) is 9.47 Å². The molecule has 0 atom stereocenters. The Morgan fingerprint density at radius 2 is 2.00 bits per heavy atom. The Labute approximate surface area is 112 Å². The van der Waals surface area contributed by atoms with Gasteiger partial charge in [-0.1, -0.05) is 0 Å². The van der Waals surface area contributed by atoms with Crippen LogP contribution in [0.2, 0.25) is 0 Å². The maximum atomic E-state index is 5.23. The van der Waals surface area contributed by atoms with E-state index in [1.807, 2.05) is 23.6 Å². The van der Waals surface area contributed by atoms with E-state index < -0.39 is 0 Å². The number of anilines is 2. The largest absolute Gasteiger partial charge is 0.493 e. The van der Waals surface area contributed by atoms with Gasteiger partial charge in [-0.3, -0.25) is 0 Å². The molecule has 17 heavy (non-hydrogen) atoms. The van der Waals surface area contributed by atoms with Crippen LogP contribution in [0.5, 0.6) is 11.5 Å². The van der Waals surface area contributed by atoms with Gasteiger partial charge in [0.15, 0.2) is 16.6 Å².